The lowest BCUT2D eigenvalue weighted by Gasteiger charge is -2.19. The van der Waals surface area contributed by atoms with Crippen LogP contribution in [0.15, 0.2) is 48.5 Å². The van der Waals surface area contributed by atoms with Crippen molar-refractivity contribution in [3.05, 3.63) is 58.6 Å². The highest BCUT2D eigenvalue weighted by Gasteiger charge is 2.14. The van der Waals surface area contributed by atoms with E-state index in [0.29, 0.717) is 0 Å². The second kappa shape index (κ2) is 4.75. The number of hydrogen-bond acceptors (Lipinski definition) is 4. The van der Waals surface area contributed by atoms with Crippen molar-refractivity contribution in [2.24, 2.45) is 0 Å². The van der Waals surface area contributed by atoms with Gasteiger partial charge in [0.05, 0.1) is 4.92 Å². The van der Waals surface area contributed by atoms with Crippen LogP contribution in [0.3, 0.4) is 0 Å². The van der Waals surface area contributed by atoms with Crippen LogP contribution >= 0.6 is 0 Å². The van der Waals surface area contributed by atoms with Gasteiger partial charge < -0.3 is 10.6 Å². The molecular formula is C13H13N3O2. The Bertz CT molecular complexity index is 570. The van der Waals surface area contributed by atoms with Gasteiger partial charge in [-0.15, -0.1) is 0 Å². The topological polar surface area (TPSA) is 72.4 Å². The van der Waals surface area contributed by atoms with Crippen molar-refractivity contribution in [2.45, 2.75) is 0 Å². The molecule has 2 aromatic carbocycles. The largest absolute Gasteiger partial charge is 0.393 e. The summed E-state index contributed by atoms with van der Waals surface area (Å²) in [4.78, 5) is 12.2. The zero-order chi connectivity index (χ0) is 13.1. The number of nitrogens with two attached hydrogens (primary N) is 1. The summed E-state index contributed by atoms with van der Waals surface area (Å²) in [7, 11) is 1.85. The highest BCUT2D eigenvalue weighted by molar-refractivity contribution is 5.70. The lowest BCUT2D eigenvalue weighted by atomic mass is 10.2. The molecule has 0 amide bonds. The summed E-state index contributed by atoms with van der Waals surface area (Å²) >= 11 is 0. The molecule has 0 spiro atoms. The van der Waals surface area contributed by atoms with Crippen LogP contribution in [0.1, 0.15) is 0 Å². The number of rotatable bonds is 3. The zero-order valence-electron chi connectivity index (χ0n) is 9.91. The molecule has 0 atom stereocenters. The molecule has 0 aliphatic carbocycles. The monoisotopic (exact) mass is 243 g/mol. The summed E-state index contributed by atoms with van der Waals surface area (Å²) in [6.07, 6.45) is 0. The molecule has 2 N–H and O–H groups in total. The Morgan fingerprint density at radius 1 is 1.11 bits per heavy atom. The maximum atomic E-state index is 10.8. The molecule has 0 bridgehead atoms. The lowest BCUT2D eigenvalue weighted by Crippen LogP contribution is -2.09. The summed E-state index contributed by atoms with van der Waals surface area (Å²) in [6, 6.07) is 14.4. The zero-order valence-corrected chi connectivity index (χ0v) is 9.91. The van der Waals surface area contributed by atoms with E-state index in [9.17, 15) is 10.1 Å². The quantitative estimate of drug-likeness (QED) is 0.511. The smallest absolute Gasteiger partial charge is 0.294 e. The number of nitro groups is 1. The number of benzene rings is 2. The van der Waals surface area contributed by atoms with E-state index in [0.717, 1.165) is 11.4 Å². The summed E-state index contributed by atoms with van der Waals surface area (Å²) in [5.41, 5.74) is 7.35. The van der Waals surface area contributed by atoms with Gasteiger partial charge in [-0.3, -0.25) is 10.1 Å². The van der Waals surface area contributed by atoms with Gasteiger partial charge in [0.15, 0.2) is 0 Å². The molecule has 0 radical (unpaired) electrons. The van der Waals surface area contributed by atoms with Crippen LogP contribution in [0.2, 0.25) is 0 Å². The Balaban J connectivity index is 2.40. The lowest BCUT2D eigenvalue weighted by molar-refractivity contribution is -0.383. The van der Waals surface area contributed by atoms with E-state index in [1.165, 1.54) is 6.07 Å². The first-order chi connectivity index (χ1) is 8.59. The van der Waals surface area contributed by atoms with Gasteiger partial charge in [0, 0.05) is 24.5 Å². The van der Waals surface area contributed by atoms with Gasteiger partial charge in [-0.2, -0.15) is 0 Å². The second-order valence-corrected chi connectivity index (χ2v) is 3.89. The van der Waals surface area contributed by atoms with Crippen LogP contribution in [-0.2, 0) is 0 Å². The minimum absolute atomic E-state index is 0.0738. The molecule has 0 saturated carbocycles. The fraction of sp³-hybridized carbons (Fsp3) is 0.0769. The molecule has 0 unspecified atom stereocenters. The van der Waals surface area contributed by atoms with Crippen LogP contribution in [0.5, 0.6) is 0 Å². The Kier molecular flexibility index (Phi) is 3.14. The third-order valence-electron chi connectivity index (χ3n) is 2.74. The number of para-hydroxylation sites is 1. The van der Waals surface area contributed by atoms with Crippen molar-refractivity contribution >= 4 is 22.7 Å². The normalized spacial score (nSPS) is 10.1. The predicted octanol–water partition coefficient (Wildman–Crippen LogP) is 2.94. The van der Waals surface area contributed by atoms with E-state index in [4.69, 9.17) is 5.73 Å². The summed E-state index contributed by atoms with van der Waals surface area (Å²) < 4.78 is 0. The first-order valence-corrected chi connectivity index (χ1v) is 5.42. The molecule has 0 aliphatic heterocycles. The fourth-order valence-corrected chi connectivity index (χ4v) is 1.70. The van der Waals surface area contributed by atoms with Crippen molar-refractivity contribution in [2.75, 3.05) is 17.7 Å². The maximum absolute atomic E-state index is 10.8. The third kappa shape index (κ3) is 2.24. The predicted molar refractivity (Wildman–Crippen MR) is 72.0 cm³/mol. The van der Waals surface area contributed by atoms with Gasteiger partial charge in [0.2, 0.25) is 0 Å². The van der Waals surface area contributed by atoms with Crippen molar-refractivity contribution in [3.8, 4) is 0 Å². The third-order valence-corrected chi connectivity index (χ3v) is 2.74. The van der Waals surface area contributed by atoms with Crippen molar-refractivity contribution < 1.29 is 4.92 Å². The first kappa shape index (κ1) is 11.9. The van der Waals surface area contributed by atoms with Gasteiger partial charge in [-0.1, -0.05) is 18.2 Å². The van der Waals surface area contributed by atoms with E-state index in [2.05, 4.69) is 0 Å². The van der Waals surface area contributed by atoms with E-state index in [1.807, 2.05) is 42.3 Å². The minimum Gasteiger partial charge on any atom is -0.393 e. The summed E-state index contributed by atoms with van der Waals surface area (Å²) in [5, 5.41) is 10.8. The summed E-state index contributed by atoms with van der Waals surface area (Å²) in [6.45, 7) is 0. The van der Waals surface area contributed by atoms with Gasteiger partial charge in [0.1, 0.15) is 5.69 Å². The van der Waals surface area contributed by atoms with Gasteiger partial charge in [-0.05, 0) is 24.3 Å². The number of nitro benzene ring substituents is 1. The molecule has 0 fully saturated rings. The van der Waals surface area contributed by atoms with E-state index in [-0.39, 0.29) is 11.4 Å². The molecule has 0 saturated heterocycles. The van der Waals surface area contributed by atoms with E-state index < -0.39 is 4.92 Å². The average molecular weight is 243 g/mol. The number of anilines is 3. The molecule has 0 aliphatic rings. The van der Waals surface area contributed by atoms with Crippen LogP contribution in [0.25, 0.3) is 0 Å². The van der Waals surface area contributed by atoms with Crippen molar-refractivity contribution in [3.63, 3.8) is 0 Å². The van der Waals surface area contributed by atoms with Crippen molar-refractivity contribution in [1.82, 2.24) is 0 Å². The van der Waals surface area contributed by atoms with E-state index in [1.54, 1.807) is 12.1 Å². The molecule has 5 heteroatoms. The molecule has 2 rings (SSSR count). The van der Waals surface area contributed by atoms with Gasteiger partial charge in [0.25, 0.3) is 5.69 Å². The highest BCUT2D eigenvalue weighted by Crippen LogP contribution is 2.30. The summed E-state index contributed by atoms with van der Waals surface area (Å²) in [5.74, 6) is 0. The molecule has 92 valence electrons. The Morgan fingerprint density at radius 2 is 1.78 bits per heavy atom. The fourth-order valence-electron chi connectivity index (χ4n) is 1.70. The molecule has 5 nitrogen and oxygen atoms in total. The highest BCUT2D eigenvalue weighted by atomic mass is 16.6. The number of nitrogen functional groups attached to an aromatic ring is 1. The SMILES string of the molecule is CN(c1ccccc1)c1ccc(N)c([N+](=O)[O-])c1. The van der Waals surface area contributed by atoms with Crippen LogP contribution < -0.4 is 10.6 Å². The Morgan fingerprint density at radius 3 is 2.39 bits per heavy atom. The molecule has 0 heterocycles. The molecule has 2 aromatic rings. The number of nitrogens with zero attached hydrogens (tertiary/aromatic N) is 2. The molecule has 0 aromatic heterocycles. The first-order valence-electron chi connectivity index (χ1n) is 5.42. The molecular weight excluding hydrogens is 230 g/mol. The van der Waals surface area contributed by atoms with Crippen LogP contribution in [0, 0.1) is 10.1 Å². The second-order valence-electron chi connectivity index (χ2n) is 3.89. The minimum atomic E-state index is -0.475. The standard InChI is InChI=1S/C13H13N3O2/c1-15(10-5-3-2-4-6-10)11-7-8-12(14)13(9-11)16(17)18/h2-9H,14H2,1H3. The number of hydrogen-bond donors (Lipinski definition) is 1. The Labute approximate surface area is 105 Å². The van der Waals surface area contributed by atoms with Gasteiger partial charge in [-0.25, -0.2) is 0 Å². The van der Waals surface area contributed by atoms with Gasteiger partial charge >= 0.3 is 0 Å². The van der Waals surface area contributed by atoms with E-state index >= 15 is 0 Å². The maximum Gasteiger partial charge on any atom is 0.294 e. The van der Waals surface area contributed by atoms with Crippen LogP contribution in [0.4, 0.5) is 22.7 Å². The average Bonchev–Trinajstić information content (AvgIpc) is 2.39. The van der Waals surface area contributed by atoms with Crippen LogP contribution in [-0.4, -0.2) is 12.0 Å². The Hall–Kier alpha value is -2.56. The van der Waals surface area contributed by atoms with Crippen molar-refractivity contribution in [1.29, 1.82) is 0 Å². The molecule has 18 heavy (non-hydrogen) atoms.